The third kappa shape index (κ3) is 6.31. The number of rotatable bonds is 5. The minimum absolute atomic E-state index is 0.121. The molecule has 1 aliphatic rings. The van der Waals surface area contributed by atoms with Gasteiger partial charge in [-0.25, -0.2) is 14.2 Å². The number of nitrogens with two attached hydrogens (primary N) is 1. The van der Waals surface area contributed by atoms with E-state index in [1.807, 2.05) is 0 Å². The zero-order valence-corrected chi connectivity index (χ0v) is 23.0. The summed E-state index contributed by atoms with van der Waals surface area (Å²) in [5.41, 5.74) is 7.11. The molecule has 0 aliphatic carbocycles. The number of ether oxygens (including phenoxy) is 2. The predicted octanol–water partition coefficient (Wildman–Crippen LogP) is 5.66. The summed E-state index contributed by atoms with van der Waals surface area (Å²) in [6.07, 6.45) is 3.56. The molecule has 0 bridgehead atoms. The fraction of sp³-hybridized carbons (Fsp3) is 0.423. The number of amides is 1. The molecule has 1 saturated heterocycles. The number of aliphatic hydroxyl groups excluding tert-OH is 1. The van der Waals surface area contributed by atoms with E-state index < -0.39 is 29.7 Å². The van der Waals surface area contributed by atoms with E-state index in [0.29, 0.717) is 24.1 Å². The number of β-amino-alcohol motifs (C(OH)–C–C–N with tert-alkyl or cyclic N) is 1. The minimum Gasteiger partial charge on any atom is -0.482 e. The van der Waals surface area contributed by atoms with Gasteiger partial charge in [0.25, 0.3) is 0 Å². The van der Waals surface area contributed by atoms with Crippen LogP contribution in [0.1, 0.15) is 51.8 Å². The molecule has 0 spiro atoms. The Bertz CT molecular complexity index is 1330. The number of nitrogen functional groups attached to an aromatic ring is 1. The molecular weight excluding hydrogens is 536 g/mol. The number of likely N-dealkylation sites (tertiary alicyclic amines) is 1. The van der Waals surface area contributed by atoms with Crippen LogP contribution in [0.3, 0.4) is 0 Å². The second-order valence-corrected chi connectivity index (χ2v) is 11.0. The van der Waals surface area contributed by atoms with E-state index in [4.69, 9.17) is 38.4 Å². The summed E-state index contributed by atoms with van der Waals surface area (Å²) < 4.78 is 27.2. The number of carbonyl (C=O) groups is 1. The first-order valence-corrected chi connectivity index (χ1v) is 12.8. The first-order chi connectivity index (χ1) is 17.8. The molecule has 1 fully saturated rings. The smallest absolute Gasteiger partial charge is 0.410 e. The predicted molar refractivity (Wildman–Crippen MR) is 143 cm³/mol. The lowest BCUT2D eigenvalue weighted by molar-refractivity contribution is -0.00685. The number of benzene rings is 1. The summed E-state index contributed by atoms with van der Waals surface area (Å²) in [6, 6.07) is 4.04. The van der Waals surface area contributed by atoms with Gasteiger partial charge in [0.05, 0.1) is 29.9 Å². The van der Waals surface area contributed by atoms with Crippen LogP contribution in [0.15, 0.2) is 36.8 Å². The van der Waals surface area contributed by atoms with E-state index in [9.17, 15) is 14.3 Å². The molecule has 3 heterocycles. The Morgan fingerprint density at radius 1 is 1.24 bits per heavy atom. The van der Waals surface area contributed by atoms with Gasteiger partial charge in [0.15, 0.2) is 11.6 Å². The second kappa shape index (κ2) is 11.0. The van der Waals surface area contributed by atoms with Crippen molar-refractivity contribution >= 4 is 35.1 Å². The maximum atomic E-state index is 14.0. The number of hydrogen-bond acceptors (Lipinski definition) is 7. The fourth-order valence-corrected chi connectivity index (χ4v) is 4.95. The topological polar surface area (TPSA) is 116 Å². The first-order valence-electron chi connectivity index (χ1n) is 12.1. The zero-order chi connectivity index (χ0) is 27.8. The van der Waals surface area contributed by atoms with Gasteiger partial charge in [-0.3, -0.25) is 4.68 Å². The number of anilines is 1. The minimum atomic E-state index is -0.713. The highest BCUT2D eigenvalue weighted by atomic mass is 35.5. The molecule has 204 valence electrons. The van der Waals surface area contributed by atoms with Gasteiger partial charge in [-0.05, 0) is 52.3 Å². The van der Waals surface area contributed by atoms with Crippen molar-refractivity contribution in [2.24, 2.45) is 0 Å². The Morgan fingerprint density at radius 3 is 2.68 bits per heavy atom. The number of hydrogen-bond donors (Lipinski definition) is 2. The SMILES string of the molecule is C[C@@H](Oc1cc(-c2cnn(C3CC(O)CN(C(=O)OC(C)(C)C)C3)c2)cnc1N)c1c(Cl)ccc(F)c1Cl. The van der Waals surface area contributed by atoms with Crippen molar-refractivity contribution < 1.29 is 23.8 Å². The highest BCUT2D eigenvalue weighted by Gasteiger charge is 2.33. The molecule has 12 heteroatoms. The van der Waals surface area contributed by atoms with Crippen molar-refractivity contribution in [2.45, 2.75) is 58.0 Å². The van der Waals surface area contributed by atoms with Gasteiger partial charge < -0.3 is 25.2 Å². The van der Waals surface area contributed by atoms with Crippen LogP contribution >= 0.6 is 23.2 Å². The van der Waals surface area contributed by atoms with Crippen LogP contribution in [-0.2, 0) is 4.74 Å². The molecule has 1 amide bonds. The molecule has 2 aromatic heterocycles. The fourth-order valence-electron chi connectivity index (χ4n) is 4.27. The maximum absolute atomic E-state index is 14.0. The van der Waals surface area contributed by atoms with Gasteiger partial charge in [0.2, 0.25) is 0 Å². The number of piperidine rings is 1. The Morgan fingerprint density at radius 2 is 1.97 bits per heavy atom. The Balaban J connectivity index is 1.53. The highest BCUT2D eigenvalue weighted by Crippen LogP contribution is 2.37. The number of nitrogens with zero attached hydrogens (tertiary/aromatic N) is 4. The van der Waals surface area contributed by atoms with Gasteiger partial charge in [-0.2, -0.15) is 5.10 Å². The normalized spacial score (nSPS) is 18.8. The molecule has 1 aliphatic heterocycles. The lowest BCUT2D eigenvalue weighted by Gasteiger charge is -2.36. The summed E-state index contributed by atoms with van der Waals surface area (Å²) >= 11 is 12.4. The van der Waals surface area contributed by atoms with Crippen LogP contribution in [0.5, 0.6) is 5.75 Å². The van der Waals surface area contributed by atoms with Crippen molar-refractivity contribution in [3.8, 4) is 16.9 Å². The monoisotopic (exact) mass is 565 g/mol. The van der Waals surface area contributed by atoms with E-state index >= 15 is 0 Å². The molecular formula is C26H30Cl2FN5O4. The highest BCUT2D eigenvalue weighted by molar-refractivity contribution is 6.36. The summed E-state index contributed by atoms with van der Waals surface area (Å²) in [5, 5.41) is 15.0. The lowest BCUT2D eigenvalue weighted by atomic mass is 10.0. The average molecular weight is 566 g/mol. The van der Waals surface area contributed by atoms with Crippen LogP contribution < -0.4 is 10.5 Å². The standard InChI is InChI=1S/C26H30Cl2FN5O4/c1-14(22-19(27)5-6-20(29)23(22)28)37-21-7-15(9-31-24(21)30)16-10-32-34(11-16)17-8-18(35)13-33(12-17)25(36)38-26(2,3)4/h5-7,9-11,14,17-18,35H,8,12-13H2,1-4H3,(H2,30,31)/t14-,17?,18?/m1/s1. The average Bonchev–Trinajstić information content (AvgIpc) is 3.32. The van der Waals surface area contributed by atoms with Crippen molar-refractivity contribution in [2.75, 3.05) is 18.8 Å². The Kier molecular flexibility index (Phi) is 8.06. The van der Waals surface area contributed by atoms with Gasteiger partial charge in [0.1, 0.15) is 17.5 Å². The van der Waals surface area contributed by atoms with Crippen LogP contribution in [0, 0.1) is 5.82 Å². The first kappa shape index (κ1) is 27.9. The van der Waals surface area contributed by atoms with Crippen LogP contribution in [-0.4, -0.2) is 55.7 Å². The number of aromatic nitrogens is 3. The van der Waals surface area contributed by atoms with Crippen LogP contribution in [0.4, 0.5) is 15.0 Å². The summed E-state index contributed by atoms with van der Waals surface area (Å²) in [5.74, 6) is -0.199. The summed E-state index contributed by atoms with van der Waals surface area (Å²) in [7, 11) is 0. The van der Waals surface area contributed by atoms with Gasteiger partial charge in [-0.1, -0.05) is 23.2 Å². The number of pyridine rings is 1. The van der Waals surface area contributed by atoms with Gasteiger partial charge >= 0.3 is 6.09 Å². The molecule has 0 radical (unpaired) electrons. The van der Waals surface area contributed by atoms with E-state index in [1.54, 1.807) is 57.0 Å². The number of aliphatic hydroxyl groups is 1. The van der Waals surface area contributed by atoms with Crippen LogP contribution in [0.2, 0.25) is 10.0 Å². The Labute approximate surface area is 230 Å². The third-order valence-electron chi connectivity index (χ3n) is 6.04. The molecule has 1 aromatic carbocycles. The zero-order valence-electron chi connectivity index (χ0n) is 21.5. The van der Waals surface area contributed by atoms with Crippen molar-refractivity contribution in [1.82, 2.24) is 19.7 Å². The summed E-state index contributed by atoms with van der Waals surface area (Å²) in [6.45, 7) is 7.60. The van der Waals surface area contributed by atoms with Crippen molar-refractivity contribution in [3.63, 3.8) is 0 Å². The summed E-state index contributed by atoms with van der Waals surface area (Å²) in [4.78, 5) is 18.3. The lowest BCUT2D eigenvalue weighted by Crippen LogP contribution is -2.48. The van der Waals surface area contributed by atoms with Gasteiger partial charge in [-0.15, -0.1) is 0 Å². The Hall–Kier alpha value is -3.08. The molecule has 3 aromatic rings. The number of halogens is 3. The molecule has 0 saturated carbocycles. The number of carbonyl (C=O) groups excluding carboxylic acids is 1. The van der Waals surface area contributed by atoms with E-state index in [1.165, 1.54) is 17.0 Å². The second-order valence-electron chi connectivity index (χ2n) is 10.3. The van der Waals surface area contributed by atoms with Crippen LogP contribution in [0.25, 0.3) is 11.1 Å². The molecule has 3 atom stereocenters. The largest absolute Gasteiger partial charge is 0.482 e. The quantitative estimate of drug-likeness (QED) is 0.383. The van der Waals surface area contributed by atoms with E-state index in [0.717, 1.165) is 5.56 Å². The van der Waals surface area contributed by atoms with Crippen molar-refractivity contribution in [1.29, 1.82) is 0 Å². The molecule has 4 rings (SSSR count). The molecule has 9 nitrogen and oxygen atoms in total. The van der Waals surface area contributed by atoms with Gasteiger partial charge in [0, 0.05) is 40.7 Å². The van der Waals surface area contributed by atoms with Crippen molar-refractivity contribution in [3.05, 3.63) is 58.2 Å². The molecule has 3 N–H and O–H groups in total. The molecule has 2 unspecified atom stereocenters. The third-order valence-corrected chi connectivity index (χ3v) is 6.75. The van der Waals surface area contributed by atoms with E-state index in [2.05, 4.69) is 10.1 Å². The molecule has 38 heavy (non-hydrogen) atoms. The van der Waals surface area contributed by atoms with E-state index in [-0.39, 0.29) is 34.2 Å². The maximum Gasteiger partial charge on any atom is 0.410 e.